The largest absolute Gasteiger partial charge is 0.465 e. The van der Waals surface area contributed by atoms with Crippen LogP contribution in [0.1, 0.15) is 52.9 Å². The van der Waals surface area contributed by atoms with Gasteiger partial charge >= 0.3 is 18.0 Å². The third kappa shape index (κ3) is 7.00. The van der Waals surface area contributed by atoms with E-state index in [1.165, 1.54) is 18.1 Å². The number of carbonyl (C=O) groups is 4. The monoisotopic (exact) mass is 507 g/mol. The SMILES string of the molecule is CCCCN(C(=O)O)C(=O)N(CCCc1ccccc1)C(=O)c1nc(C(=O)N(C)c2cccnc2)co1. The van der Waals surface area contributed by atoms with Crippen LogP contribution in [0, 0.1) is 0 Å². The van der Waals surface area contributed by atoms with Crippen molar-refractivity contribution in [3.05, 3.63) is 78.3 Å². The highest BCUT2D eigenvalue weighted by Crippen LogP contribution is 2.16. The van der Waals surface area contributed by atoms with Crippen molar-refractivity contribution in [2.24, 2.45) is 0 Å². The van der Waals surface area contributed by atoms with Crippen molar-refractivity contribution in [3.63, 3.8) is 0 Å². The lowest BCUT2D eigenvalue weighted by Crippen LogP contribution is -2.49. The molecule has 11 nitrogen and oxygen atoms in total. The van der Waals surface area contributed by atoms with Gasteiger partial charge in [-0.1, -0.05) is 43.7 Å². The van der Waals surface area contributed by atoms with E-state index in [1.807, 2.05) is 37.3 Å². The molecule has 0 unspecified atom stereocenters. The Kier molecular flexibility index (Phi) is 9.48. The van der Waals surface area contributed by atoms with Gasteiger partial charge in [-0.25, -0.2) is 14.5 Å². The first-order valence-corrected chi connectivity index (χ1v) is 11.9. The van der Waals surface area contributed by atoms with Crippen molar-refractivity contribution < 1.29 is 28.7 Å². The molecule has 1 aromatic carbocycles. The lowest BCUT2D eigenvalue weighted by atomic mass is 10.1. The second kappa shape index (κ2) is 13.0. The summed E-state index contributed by atoms with van der Waals surface area (Å²) in [5.41, 5.74) is 1.37. The van der Waals surface area contributed by atoms with Gasteiger partial charge in [-0.05, 0) is 37.0 Å². The van der Waals surface area contributed by atoms with Gasteiger partial charge in [0, 0.05) is 26.3 Å². The number of rotatable bonds is 10. The van der Waals surface area contributed by atoms with E-state index in [0.29, 0.717) is 36.3 Å². The number of oxazole rings is 1. The van der Waals surface area contributed by atoms with E-state index >= 15 is 0 Å². The zero-order valence-corrected chi connectivity index (χ0v) is 20.7. The minimum atomic E-state index is -1.46. The zero-order valence-electron chi connectivity index (χ0n) is 20.7. The predicted molar refractivity (Wildman–Crippen MR) is 134 cm³/mol. The van der Waals surface area contributed by atoms with Crippen LogP contribution in [-0.2, 0) is 6.42 Å². The molecule has 0 saturated carbocycles. The van der Waals surface area contributed by atoms with Crippen molar-refractivity contribution in [1.29, 1.82) is 0 Å². The van der Waals surface area contributed by atoms with Crippen LogP contribution in [0.5, 0.6) is 0 Å². The molecule has 1 N–H and O–H groups in total. The Bertz CT molecular complexity index is 1210. The summed E-state index contributed by atoms with van der Waals surface area (Å²) in [6.07, 6.45) is 4.69. The highest BCUT2D eigenvalue weighted by atomic mass is 16.4. The number of hydrogen-bond acceptors (Lipinski definition) is 7. The van der Waals surface area contributed by atoms with E-state index in [2.05, 4.69) is 9.97 Å². The Labute approximate surface area is 214 Å². The van der Waals surface area contributed by atoms with Crippen LogP contribution in [0.25, 0.3) is 0 Å². The first kappa shape index (κ1) is 27.1. The summed E-state index contributed by atoms with van der Waals surface area (Å²) in [6.45, 7) is 1.74. The van der Waals surface area contributed by atoms with Gasteiger partial charge in [-0.2, -0.15) is 4.98 Å². The first-order chi connectivity index (χ1) is 17.8. The van der Waals surface area contributed by atoms with Gasteiger partial charge in [0.2, 0.25) is 0 Å². The van der Waals surface area contributed by atoms with E-state index in [-0.39, 0.29) is 18.8 Å². The maximum atomic E-state index is 13.3. The summed E-state index contributed by atoms with van der Waals surface area (Å²) < 4.78 is 5.27. The van der Waals surface area contributed by atoms with Crippen LogP contribution in [0.4, 0.5) is 15.3 Å². The summed E-state index contributed by atoms with van der Waals surface area (Å²) in [6, 6.07) is 11.9. The first-order valence-electron chi connectivity index (χ1n) is 11.9. The number of aryl methyl sites for hydroxylation is 1. The molecular weight excluding hydrogens is 478 g/mol. The molecule has 3 rings (SSSR count). The Morgan fingerprint density at radius 2 is 1.68 bits per heavy atom. The Morgan fingerprint density at radius 1 is 0.946 bits per heavy atom. The van der Waals surface area contributed by atoms with E-state index in [9.17, 15) is 24.3 Å². The normalized spacial score (nSPS) is 10.5. The molecule has 0 spiro atoms. The molecule has 0 aliphatic carbocycles. The molecule has 3 aromatic rings. The molecule has 0 aliphatic heterocycles. The summed E-state index contributed by atoms with van der Waals surface area (Å²) in [5, 5.41) is 9.59. The molecule has 0 radical (unpaired) electrons. The molecule has 0 saturated heterocycles. The lowest BCUT2D eigenvalue weighted by Gasteiger charge is -2.25. The van der Waals surface area contributed by atoms with E-state index in [1.54, 1.807) is 18.3 Å². The van der Waals surface area contributed by atoms with Gasteiger partial charge in [-0.3, -0.25) is 19.5 Å². The predicted octanol–water partition coefficient (Wildman–Crippen LogP) is 4.32. The molecule has 5 amide bonds. The maximum absolute atomic E-state index is 13.3. The molecular formula is C26H29N5O6. The fourth-order valence-corrected chi connectivity index (χ4v) is 3.53. The quantitative estimate of drug-likeness (QED) is 0.428. The minimum Gasteiger partial charge on any atom is -0.465 e. The highest BCUT2D eigenvalue weighted by molar-refractivity contribution is 6.07. The number of pyridine rings is 1. The highest BCUT2D eigenvalue weighted by Gasteiger charge is 2.33. The number of aromatic nitrogens is 2. The second-order valence-corrected chi connectivity index (χ2v) is 8.23. The fraction of sp³-hybridized carbons (Fsp3) is 0.308. The van der Waals surface area contributed by atoms with Crippen molar-refractivity contribution in [2.45, 2.75) is 32.6 Å². The number of amides is 5. The van der Waals surface area contributed by atoms with Crippen LogP contribution < -0.4 is 4.90 Å². The van der Waals surface area contributed by atoms with Gasteiger partial charge in [0.15, 0.2) is 5.69 Å². The van der Waals surface area contributed by atoms with Crippen molar-refractivity contribution >= 4 is 29.6 Å². The number of anilines is 1. The van der Waals surface area contributed by atoms with E-state index < -0.39 is 29.8 Å². The Morgan fingerprint density at radius 3 is 2.32 bits per heavy atom. The summed E-state index contributed by atoms with van der Waals surface area (Å²) in [5.74, 6) is -1.96. The van der Waals surface area contributed by atoms with Crippen LogP contribution >= 0.6 is 0 Å². The third-order valence-corrected chi connectivity index (χ3v) is 5.61. The number of nitrogens with zero attached hydrogens (tertiary/aromatic N) is 5. The molecule has 194 valence electrons. The molecule has 2 heterocycles. The van der Waals surface area contributed by atoms with Crippen molar-refractivity contribution in [2.75, 3.05) is 25.0 Å². The summed E-state index contributed by atoms with van der Waals surface area (Å²) in [4.78, 5) is 61.8. The molecule has 0 bridgehead atoms. The number of unbranched alkanes of at least 4 members (excludes halogenated alkanes) is 1. The smallest absolute Gasteiger partial charge is 0.415 e. The van der Waals surface area contributed by atoms with Gasteiger partial charge in [0.1, 0.15) is 6.26 Å². The number of urea groups is 1. The standard InChI is InChI=1S/C26H29N5O6/c1-3-4-15-31(26(35)36)25(34)30(16-9-12-19-10-6-5-7-11-19)24(33)22-28-21(18-37-22)23(32)29(2)20-13-8-14-27-17-20/h5-8,10-11,13-14,17-18H,3-4,9,12,15-16H2,1-2H3,(H,35,36). The number of carboxylic acid groups (broad SMARTS) is 1. The van der Waals surface area contributed by atoms with Gasteiger partial charge in [0.05, 0.1) is 11.9 Å². The van der Waals surface area contributed by atoms with E-state index in [4.69, 9.17) is 4.42 Å². The number of hydrogen-bond donors (Lipinski definition) is 1. The van der Waals surface area contributed by atoms with Gasteiger partial charge in [0.25, 0.3) is 11.8 Å². The fourth-order valence-electron chi connectivity index (χ4n) is 3.53. The number of benzene rings is 1. The topological polar surface area (TPSA) is 137 Å². The number of carbonyl (C=O) groups excluding carboxylic acids is 3. The molecule has 2 aromatic heterocycles. The van der Waals surface area contributed by atoms with Gasteiger partial charge < -0.3 is 14.4 Å². The summed E-state index contributed by atoms with van der Waals surface area (Å²) >= 11 is 0. The molecule has 0 aliphatic rings. The second-order valence-electron chi connectivity index (χ2n) is 8.23. The zero-order chi connectivity index (χ0) is 26.8. The third-order valence-electron chi connectivity index (χ3n) is 5.61. The minimum absolute atomic E-state index is 0.0572. The van der Waals surface area contributed by atoms with Crippen LogP contribution in [-0.4, -0.2) is 69.0 Å². The summed E-state index contributed by atoms with van der Waals surface area (Å²) in [7, 11) is 1.52. The molecule has 37 heavy (non-hydrogen) atoms. The molecule has 11 heteroatoms. The van der Waals surface area contributed by atoms with Crippen LogP contribution in [0.2, 0.25) is 0 Å². The number of imide groups is 2. The maximum Gasteiger partial charge on any atom is 0.415 e. The lowest BCUT2D eigenvalue weighted by molar-refractivity contribution is 0.0716. The average Bonchev–Trinajstić information content (AvgIpc) is 3.41. The average molecular weight is 508 g/mol. The van der Waals surface area contributed by atoms with Crippen LogP contribution in [0.15, 0.2) is 65.5 Å². The van der Waals surface area contributed by atoms with Gasteiger partial charge in [-0.15, -0.1) is 0 Å². The molecule has 0 fully saturated rings. The Balaban J connectivity index is 1.81. The van der Waals surface area contributed by atoms with Crippen molar-refractivity contribution in [1.82, 2.24) is 19.8 Å². The van der Waals surface area contributed by atoms with E-state index in [0.717, 1.165) is 16.7 Å². The van der Waals surface area contributed by atoms with Crippen molar-refractivity contribution in [3.8, 4) is 0 Å². The Hall–Kier alpha value is -4.54. The van der Waals surface area contributed by atoms with Crippen LogP contribution in [0.3, 0.4) is 0 Å². The molecule has 0 atom stereocenters.